The van der Waals surface area contributed by atoms with E-state index in [-0.39, 0.29) is 35.3 Å². The Morgan fingerprint density at radius 1 is 1.04 bits per heavy atom. The van der Waals surface area contributed by atoms with Crippen molar-refractivity contribution in [3.63, 3.8) is 0 Å². The standard InChI is InChI=1S/C36H32F3N5O3/c37-36(38,39)31-18-28(22-44-15-5-4-8-33(44)35(46)47)25(10-9-23-16-27(34(41)45)21-42-20-23)17-26(31)11-12-32-30(19-40)29(13-14-43-32)24-6-2-1-3-7-24/h1-3,6-7,11-14,16-18,20-21,33H,4-5,8-10,15,22H2,(H2,41,45)(H,46,47)/b12-11+/t33-/m0/s1. The third-order valence-electron chi connectivity index (χ3n) is 8.31. The van der Waals surface area contributed by atoms with Crippen LogP contribution < -0.4 is 5.73 Å². The average molecular weight is 640 g/mol. The summed E-state index contributed by atoms with van der Waals surface area (Å²) in [5, 5.41) is 19.8. The highest BCUT2D eigenvalue weighted by Crippen LogP contribution is 2.36. The number of alkyl halides is 3. The normalized spacial score (nSPS) is 15.4. The van der Waals surface area contributed by atoms with Gasteiger partial charge in [-0.05, 0) is 84.3 Å². The van der Waals surface area contributed by atoms with Crippen molar-refractivity contribution in [2.45, 2.75) is 50.9 Å². The van der Waals surface area contributed by atoms with Gasteiger partial charge < -0.3 is 10.8 Å². The van der Waals surface area contributed by atoms with E-state index in [2.05, 4.69) is 16.0 Å². The second-order valence-electron chi connectivity index (χ2n) is 11.4. The maximum absolute atomic E-state index is 14.6. The fourth-order valence-corrected chi connectivity index (χ4v) is 5.94. The molecule has 3 heterocycles. The first-order valence-electron chi connectivity index (χ1n) is 15.1. The minimum Gasteiger partial charge on any atom is -0.480 e. The van der Waals surface area contributed by atoms with Crippen LogP contribution in [0.15, 0.2) is 73.2 Å². The SMILES string of the molecule is N#Cc1c(-c2ccccc2)ccnc1/C=C/c1cc(CCc2cncc(C(N)=O)c2)c(CN2CCCC[C@H]2C(=O)O)cc1C(F)(F)F. The third kappa shape index (κ3) is 7.91. The molecule has 0 unspecified atom stereocenters. The van der Waals surface area contributed by atoms with Gasteiger partial charge in [0.25, 0.3) is 0 Å². The van der Waals surface area contributed by atoms with Gasteiger partial charge in [0.05, 0.1) is 22.4 Å². The lowest BCUT2D eigenvalue weighted by Gasteiger charge is -2.33. The van der Waals surface area contributed by atoms with E-state index < -0.39 is 29.7 Å². The van der Waals surface area contributed by atoms with Crippen molar-refractivity contribution < 1.29 is 27.9 Å². The Bertz CT molecular complexity index is 1850. The molecule has 0 radical (unpaired) electrons. The molecule has 2 aromatic carbocycles. The first-order valence-corrected chi connectivity index (χ1v) is 15.1. The van der Waals surface area contributed by atoms with Crippen LogP contribution in [0.1, 0.15) is 68.7 Å². The van der Waals surface area contributed by atoms with Gasteiger partial charge in [-0.3, -0.25) is 24.5 Å². The fraction of sp³-hybridized carbons (Fsp3) is 0.250. The Morgan fingerprint density at radius 3 is 2.53 bits per heavy atom. The van der Waals surface area contributed by atoms with Crippen LogP contribution in [0.2, 0.25) is 0 Å². The molecular formula is C36H32F3N5O3. The van der Waals surface area contributed by atoms with E-state index in [4.69, 9.17) is 5.73 Å². The van der Waals surface area contributed by atoms with Crippen LogP contribution in [-0.2, 0) is 30.4 Å². The summed E-state index contributed by atoms with van der Waals surface area (Å²) < 4.78 is 43.8. The molecule has 0 bridgehead atoms. The number of hydrogen-bond donors (Lipinski definition) is 2. The van der Waals surface area contributed by atoms with Gasteiger partial charge in [-0.2, -0.15) is 18.4 Å². The summed E-state index contributed by atoms with van der Waals surface area (Å²) >= 11 is 0. The number of aromatic nitrogens is 2. The van der Waals surface area contributed by atoms with Crippen molar-refractivity contribution in [2.75, 3.05) is 6.54 Å². The number of piperidine rings is 1. The number of nitrogens with zero attached hydrogens (tertiary/aromatic N) is 4. The smallest absolute Gasteiger partial charge is 0.416 e. The number of primary amides is 1. The topological polar surface area (TPSA) is 133 Å². The first kappa shape index (κ1) is 33.0. The van der Waals surface area contributed by atoms with Gasteiger partial charge in [0.2, 0.25) is 5.91 Å². The van der Waals surface area contributed by atoms with Crippen LogP contribution in [0.25, 0.3) is 23.3 Å². The summed E-state index contributed by atoms with van der Waals surface area (Å²) in [5.41, 5.74) is 8.07. The average Bonchev–Trinajstić information content (AvgIpc) is 3.06. The number of carbonyl (C=O) groups is 2. The molecule has 3 N–H and O–H groups in total. The van der Waals surface area contributed by atoms with E-state index in [0.29, 0.717) is 41.6 Å². The summed E-state index contributed by atoms with van der Waals surface area (Å²) in [6.45, 7) is 0.475. The van der Waals surface area contributed by atoms with Crippen molar-refractivity contribution in [3.8, 4) is 17.2 Å². The number of hydrogen-bond acceptors (Lipinski definition) is 6. The molecule has 1 aliphatic heterocycles. The number of aryl methyl sites for hydroxylation is 2. The van der Waals surface area contributed by atoms with E-state index in [1.54, 1.807) is 23.2 Å². The maximum atomic E-state index is 14.6. The Morgan fingerprint density at radius 2 is 1.83 bits per heavy atom. The highest BCUT2D eigenvalue weighted by Gasteiger charge is 2.35. The van der Waals surface area contributed by atoms with Gasteiger partial charge in [0, 0.05) is 30.7 Å². The van der Waals surface area contributed by atoms with Crippen molar-refractivity contribution in [2.24, 2.45) is 5.73 Å². The zero-order valence-electron chi connectivity index (χ0n) is 25.4. The van der Waals surface area contributed by atoms with Crippen molar-refractivity contribution in [3.05, 3.63) is 118 Å². The molecule has 1 fully saturated rings. The first-order chi connectivity index (χ1) is 22.5. The van der Waals surface area contributed by atoms with Crippen molar-refractivity contribution in [1.82, 2.24) is 14.9 Å². The number of benzene rings is 2. The predicted molar refractivity (Wildman–Crippen MR) is 171 cm³/mol. The molecule has 2 aromatic heterocycles. The van der Waals surface area contributed by atoms with Gasteiger partial charge in [0.1, 0.15) is 12.1 Å². The number of amides is 1. The number of aliphatic carboxylic acids is 1. The number of carbonyl (C=O) groups excluding carboxylic acids is 1. The van der Waals surface area contributed by atoms with E-state index in [1.165, 1.54) is 30.6 Å². The van der Waals surface area contributed by atoms with Gasteiger partial charge in [-0.25, -0.2) is 0 Å². The Hall–Kier alpha value is -5.34. The second-order valence-corrected chi connectivity index (χ2v) is 11.4. The van der Waals surface area contributed by atoms with Gasteiger partial charge in [-0.15, -0.1) is 0 Å². The molecule has 47 heavy (non-hydrogen) atoms. The van der Waals surface area contributed by atoms with Gasteiger partial charge in [-0.1, -0.05) is 48.9 Å². The molecule has 1 amide bonds. The predicted octanol–water partition coefficient (Wildman–Crippen LogP) is 6.53. The minimum absolute atomic E-state index is 0.0260. The zero-order chi connectivity index (χ0) is 33.6. The Balaban J connectivity index is 1.58. The Labute approximate surface area is 270 Å². The summed E-state index contributed by atoms with van der Waals surface area (Å²) in [7, 11) is 0. The van der Waals surface area contributed by atoms with Crippen LogP contribution in [0.5, 0.6) is 0 Å². The van der Waals surface area contributed by atoms with E-state index in [0.717, 1.165) is 24.5 Å². The van der Waals surface area contributed by atoms with Crippen LogP contribution in [0.4, 0.5) is 13.2 Å². The lowest BCUT2D eigenvalue weighted by atomic mass is 9.92. The van der Waals surface area contributed by atoms with E-state index >= 15 is 0 Å². The highest BCUT2D eigenvalue weighted by atomic mass is 19.4. The molecular weight excluding hydrogens is 607 g/mol. The molecule has 240 valence electrons. The Kier molecular flexibility index (Phi) is 10.1. The monoisotopic (exact) mass is 639 g/mol. The molecule has 4 aromatic rings. The number of nitrogens with two attached hydrogens (primary N) is 1. The largest absolute Gasteiger partial charge is 0.480 e. The summed E-state index contributed by atoms with van der Waals surface area (Å²) in [6, 6.07) is 16.4. The molecule has 11 heteroatoms. The highest BCUT2D eigenvalue weighted by molar-refractivity contribution is 5.92. The van der Waals surface area contributed by atoms with Gasteiger partial charge in [0.15, 0.2) is 0 Å². The van der Waals surface area contributed by atoms with E-state index in [9.17, 15) is 33.1 Å². The number of nitriles is 1. The summed E-state index contributed by atoms with van der Waals surface area (Å²) in [4.78, 5) is 33.8. The molecule has 0 saturated carbocycles. The van der Waals surface area contributed by atoms with Crippen molar-refractivity contribution in [1.29, 1.82) is 5.26 Å². The number of carboxylic acids is 1. The summed E-state index contributed by atoms with van der Waals surface area (Å²) in [5.74, 6) is -1.65. The molecule has 8 nitrogen and oxygen atoms in total. The molecule has 5 rings (SSSR count). The quantitative estimate of drug-likeness (QED) is 0.202. The molecule has 0 spiro atoms. The van der Waals surface area contributed by atoms with Crippen LogP contribution in [0, 0.1) is 11.3 Å². The van der Waals surface area contributed by atoms with Crippen LogP contribution in [-0.4, -0.2) is 44.4 Å². The van der Waals surface area contributed by atoms with Gasteiger partial charge >= 0.3 is 12.1 Å². The molecule has 0 aliphatic carbocycles. The molecule has 1 saturated heterocycles. The van der Waals surface area contributed by atoms with Crippen LogP contribution in [0.3, 0.4) is 0 Å². The molecule has 1 aliphatic rings. The number of pyridine rings is 2. The summed E-state index contributed by atoms with van der Waals surface area (Å²) in [6.07, 6.45) is 4.93. The lowest BCUT2D eigenvalue weighted by molar-refractivity contribution is -0.145. The van der Waals surface area contributed by atoms with Crippen molar-refractivity contribution >= 4 is 24.0 Å². The number of likely N-dealkylation sites (tertiary alicyclic amines) is 1. The third-order valence-corrected chi connectivity index (χ3v) is 8.31. The maximum Gasteiger partial charge on any atom is 0.416 e. The number of halogens is 3. The lowest BCUT2D eigenvalue weighted by Crippen LogP contribution is -2.44. The number of carboxylic acid groups (broad SMARTS) is 1. The zero-order valence-corrected chi connectivity index (χ0v) is 25.4. The number of rotatable bonds is 10. The fourth-order valence-electron chi connectivity index (χ4n) is 5.94. The minimum atomic E-state index is -4.72. The van der Waals surface area contributed by atoms with Crippen LogP contribution >= 0.6 is 0 Å². The van der Waals surface area contributed by atoms with E-state index in [1.807, 2.05) is 30.3 Å². The molecule has 1 atom stereocenters. The second kappa shape index (κ2) is 14.4.